The standard InChI is InChI=1S/C19H16N4O2/c1-12-5-3-6-13(2)17(12)14-8-10-22-23-18(14)19(25)21-11-15-16(24)7-4-9-20-15/h3-11,24H,1-2H3. The summed E-state index contributed by atoms with van der Waals surface area (Å²) in [7, 11) is 0. The second-order valence-electron chi connectivity index (χ2n) is 5.53. The van der Waals surface area contributed by atoms with Gasteiger partial charge in [0.1, 0.15) is 11.4 Å². The van der Waals surface area contributed by atoms with Gasteiger partial charge in [0.15, 0.2) is 5.69 Å². The van der Waals surface area contributed by atoms with Crippen LogP contribution in [0.4, 0.5) is 0 Å². The van der Waals surface area contributed by atoms with Crippen LogP contribution < -0.4 is 0 Å². The van der Waals surface area contributed by atoms with Crippen molar-refractivity contribution in [3.8, 4) is 16.9 Å². The molecule has 1 amide bonds. The minimum atomic E-state index is -0.546. The van der Waals surface area contributed by atoms with Gasteiger partial charge in [-0.1, -0.05) is 18.2 Å². The molecule has 0 bridgehead atoms. The molecule has 0 aliphatic rings. The molecule has 0 saturated carbocycles. The maximum absolute atomic E-state index is 12.5. The molecule has 6 heteroatoms. The van der Waals surface area contributed by atoms with Gasteiger partial charge in [-0.2, -0.15) is 5.10 Å². The van der Waals surface area contributed by atoms with E-state index in [4.69, 9.17) is 0 Å². The summed E-state index contributed by atoms with van der Waals surface area (Å²) in [5.41, 5.74) is 4.07. The number of carbonyl (C=O) groups excluding carboxylic acids is 1. The molecule has 1 aromatic carbocycles. The second-order valence-corrected chi connectivity index (χ2v) is 5.53. The Morgan fingerprint density at radius 2 is 1.84 bits per heavy atom. The third-order valence-electron chi connectivity index (χ3n) is 3.79. The van der Waals surface area contributed by atoms with E-state index >= 15 is 0 Å². The Hall–Kier alpha value is -3.41. The highest BCUT2D eigenvalue weighted by Gasteiger charge is 2.17. The van der Waals surface area contributed by atoms with E-state index in [1.165, 1.54) is 18.5 Å². The summed E-state index contributed by atoms with van der Waals surface area (Å²) in [6.45, 7) is 3.96. The van der Waals surface area contributed by atoms with E-state index in [-0.39, 0.29) is 17.1 Å². The van der Waals surface area contributed by atoms with Gasteiger partial charge in [0.2, 0.25) is 0 Å². The highest BCUT2D eigenvalue weighted by molar-refractivity contribution is 6.04. The monoisotopic (exact) mass is 332 g/mol. The Labute approximate surface area is 144 Å². The van der Waals surface area contributed by atoms with E-state index in [2.05, 4.69) is 20.2 Å². The van der Waals surface area contributed by atoms with Crippen LogP contribution in [0.5, 0.6) is 5.75 Å². The van der Waals surface area contributed by atoms with Crippen LogP contribution in [0.25, 0.3) is 11.1 Å². The summed E-state index contributed by atoms with van der Waals surface area (Å²) < 4.78 is 0. The fraction of sp³-hybridized carbons (Fsp3) is 0.105. The lowest BCUT2D eigenvalue weighted by atomic mass is 9.95. The molecule has 3 rings (SSSR count). The predicted octanol–water partition coefficient (Wildman–Crippen LogP) is 3.12. The molecular weight excluding hydrogens is 316 g/mol. The van der Waals surface area contributed by atoms with Crippen LogP contribution in [0.1, 0.15) is 27.3 Å². The van der Waals surface area contributed by atoms with Crippen molar-refractivity contribution in [2.75, 3.05) is 0 Å². The van der Waals surface area contributed by atoms with E-state index in [9.17, 15) is 9.90 Å². The molecule has 2 aromatic heterocycles. The topological polar surface area (TPSA) is 88.3 Å². The van der Waals surface area contributed by atoms with Crippen LogP contribution >= 0.6 is 0 Å². The number of amides is 1. The summed E-state index contributed by atoms with van der Waals surface area (Å²) in [4.78, 5) is 20.4. The number of aromatic nitrogens is 3. The van der Waals surface area contributed by atoms with E-state index in [0.29, 0.717) is 5.56 Å². The maximum atomic E-state index is 12.5. The molecule has 0 atom stereocenters. The molecule has 3 aromatic rings. The summed E-state index contributed by atoms with van der Waals surface area (Å²) in [6.07, 6.45) is 4.28. The first-order chi connectivity index (χ1) is 12.1. The van der Waals surface area contributed by atoms with Crippen molar-refractivity contribution < 1.29 is 9.90 Å². The zero-order valence-electron chi connectivity index (χ0n) is 13.8. The molecule has 2 heterocycles. The van der Waals surface area contributed by atoms with Gasteiger partial charge < -0.3 is 5.11 Å². The molecule has 0 aliphatic heterocycles. The first kappa shape index (κ1) is 16.4. The van der Waals surface area contributed by atoms with Crippen molar-refractivity contribution in [1.29, 1.82) is 0 Å². The van der Waals surface area contributed by atoms with Gasteiger partial charge >= 0.3 is 0 Å². The number of aliphatic imine (C=N–C) groups is 1. The zero-order chi connectivity index (χ0) is 17.8. The molecule has 0 saturated heterocycles. The molecule has 6 nitrogen and oxygen atoms in total. The Morgan fingerprint density at radius 1 is 1.08 bits per heavy atom. The Morgan fingerprint density at radius 3 is 2.56 bits per heavy atom. The minimum absolute atomic E-state index is 0.0480. The van der Waals surface area contributed by atoms with Gasteiger partial charge in [-0.25, -0.2) is 4.99 Å². The highest BCUT2D eigenvalue weighted by Crippen LogP contribution is 2.29. The van der Waals surface area contributed by atoms with Gasteiger partial charge in [-0.3, -0.25) is 9.78 Å². The number of aromatic hydroxyl groups is 1. The van der Waals surface area contributed by atoms with Gasteiger partial charge in [0, 0.05) is 11.8 Å². The third-order valence-corrected chi connectivity index (χ3v) is 3.79. The summed E-state index contributed by atoms with van der Waals surface area (Å²) in [6, 6.07) is 10.7. The maximum Gasteiger partial charge on any atom is 0.298 e. The molecule has 1 N–H and O–H groups in total. The Bertz CT molecular complexity index is 947. The fourth-order valence-corrected chi connectivity index (χ4v) is 2.62. The van der Waals surface area contributed by atoms with Crippen LogP contribution in [0.3, 0.4) is 0 Å². The zero-order valence-corrected chi connectivity index (χ0v) is 13.8. The summed E-state index contributed by atoms with van der Waals surface area (Å²) in [5.74, 6) is -0.594. The van der Waals surface area contributed by atoms with Crippen LogP contribution in [0.15, 0.2) is 53.8 Å². The lowest BCUT2D eigenvalue weighted by Gasteiger charge is -2.11. The van der Waals surface area contributed by atoms with E-state index in [0.717, 1.165) is 16.7 Å². The van der Waals surface area contributed by atoms with Crippen molar-refractivity contribution in [3.05, 3.63) is 71.3 Å². The molecular formula is C19H16N4O2. The molecule has 0 unspecified atom stereocenters. The molecule has 0 spiro atoms. The largest absolute Gasteiger partial charge is 0.506 e. The van der Waals surface area contributed by atoms with Crippen molar-refractivity contribution in [1.82, 2.24) is 15.2 Å². The quantitative estimate of drug-likeness (QED) is 0.744. The van der Waals surface area contributed by atoms with E-state index < -0.39 is 5.91 Å². The lowest BCUT2D eigenvalue weighted by molar-refractivity contribution is 0.0998. The summed E-state index contributed by atoms with van der Waals surface area (Å²) in [5, 5.41) is 17.5. The van der Waals surface area contributed by atoms with Crippen molar-refractivity contribution in [3.63, 3.8) is 0 Å². The van der Waals surface area contributed by atoms with Gasteiger partial charge in [0.25, 0.3) is 5.91 Å². The van der Waals surface area contributed by atoms with Crippen LogP contribution in [-0.2, 0) is 0 Å². The van der Waals surface area contributed by atoms with Crippen LogP contribution in [0, 0.1) is 13.8 Å². The number of benzene rings is 1. The SMILES string of the molecule is Cc1cccc(C)c1-c1ccnnc1C(=O)N=Cc1ncccc1O. The van der Waals surface area contributed by atoms with Crippen molar-refractivity contribution >= 4 is 12.1 Å². The Balaban J connectivity index is 2.02. The third kappa shape index (κ3) is 3.42. The number of hydrogen-bond acceptors (Lipinski definition) is 5. The molecule has 25 heavy (non-hydrogen) atoms. The average molecular weight is 332 g/mol. The van der Waals surface area contributed by atoms with Crippen molar-refractivity contribution in [2.45, 2.75) is 13.8 Å². The number of rotatable bonds is 3. The van der Waals surface area contributed by atoms with Crippen molar-refractivity contribution in [2.24, 2.45) is 4.99 Å². The lowest BCUT2D eigenvalue weighted by Crippen LogP contribution is -2.05. The van der Waals surface area contributed by atoms with Crippen LogP contribution in [-0.4, -0.2) is 32.4 Å². The molecule has 0 radical (unpaired) electrons. The number of nitrogens with zero attached hydrogens (tertiary/aromatic N) is 4. The molecule has 0 fully saturated rings. The van der Waals surface area contributed by atoms with Gasteiger partial charge in [0.05, 0.1) is 12.4 Å². The predicted molar refractivity (Wildman–Crippen MR) is 94.8 cm³/mol. The van der Waals surface area contributed by atoms with E-state index in [1.54, 1.807) is 18.3 Å². The average Bonchev–Trinajstić information content (AvgIpc) is 2.61. The van der Waals surface area contributed by atoms with Crippen LogP contribution in [0.2, 0.25) is 0 Å². The van der Waals surface area contributed by atoms with Gasteiger partial charge in [-0.05, 0) is 48.7 Å². The van der Waals surface area contributed by atoms with E-state index in [1.807, 2.05) is 32.0 Å². The minimum Gasteiger partial charge on any atom is -0.506 e. The highest BCUT2D eigenvalue weighted by atomic mass is 16.3. The molecule has 0 aliphatic carbocycles. The molecule has 124 valence electrons. The first-order valence-electron chi connectivity index (χ1n) is 7.68. The number of carbonyl (C=O) groups is 1. The first-order valence-corrected chi connectivity index (χ1v) is 7.68. The number of pyridine rings is 1. The Kier molecular flexibility index (Phi) is 4.61. The normalized spacial score (nSPS) is 11.0. The van der Waals surface area contributed by atoms with Gasteiger partial charge in [-0.15, -0.1) is 5.10 Å². The summed E-state index contributed by atoms with van der Waals surface area (Å²) >= 11 is 0. The second kappa shape index (κ2) is 7.00. The number of hydrogen-bond donors (Lipinski definition) is 1. The number of aryl methyl sites for hydroxylation is 2. The fourth-order valence-electron chi connectivity index (χ4n) is 2.62. The smallest absolute Gasteiger partial charge is 0.298 e.